The first kappa shape index (κ1) is 32.8. The van der Waals surface area contributed by atoms with E-state index in [2.05, 4.69) is 17.2 Å². The predicted octanol–water partition coefficient (Wildman–Crippen LogP) is 7.49. The fourth-order valence-corrected chi connectivity index (χ4v) is 3.45. The van der Waals surface area contributed by atoms with Gasteiger partial charge in [-0.05, 0) is 68.8 Å². The molecule has 36 heavy (non-hydrogen) atoms. The number of hydrogen-bond acceptors (Lipinski definition) is 4. The van der Waals surface area contributed by atoms with E-state index in [1.807, 2.05) is 102 Å². The zero-order valence-electron chi connectivity index (χ0n) is 22.9. The number of alkyl halides is 2. The fraction of sp³-hybridized carbons (Fsp3) is 0.367. The lowest BCUT2D eigenvalue weighted by Gasteiger charge is -2.30. The molecule has 4 nitrogen and oxygen atoms in total. The molecular formula is C30H43F2N3O. The zero-order valence-corrected chi connectivity index (χ0v) is 22.9. The highest BCUT2D eigenvalue weighted by Crippen LogP contribution is 2.31. The number of carbonyl (C=O) groups excluding carboxylic acids is 1. The largest absolute Gasteiger partial charge is 0.368 e. The fourth-order valence-electron chi connectivity index (χ4n) is 3.45. The molecule has 0 aromatic heterocycles. The number of aryl methyl sites for hydroxylation is 1. The van der Waals surface area contributed by atoms with Gasteiger partial charge in [-0.25, -0.2) is 8.78 Å². The van der Waals surface area contributed by atoms with Crippen molar-refractivity contribution in [2.75, 3.05) is 18.9 Å². The maximum absolute atomic E-state index is 14.5. The zero-order chi connectivity index (χ0) is 27.7. The monoisotopic (exact) mass is 499 g/mol. The molecule has 6 heteroatoms. The van der Waals surface area contributed by atoms with Crippen LogP contribution >= 0.6 is 0 Å². The highest BCUT2D eigenvalue weighted by Gasteiger charge is 2.31. The summed E-state index contributed by atoms with van der Waals surface area (Å²) in [7, 11) is 1.90. The molecule has 0 saturated carbocycles. The number of anilines is 1. The Morgan fingerprint density at radius 3 is 2.14 bits per heavy atom. The van der Waals surface area contributed by atoms with Crippen LogP contribution < -0.4 is 10.6 Å². The molecule has 0 radical (unpaired) electrons. The summed E-state index contributed by atoms with van der Waals surface area (Å²) in [6, 6.07) is 16.0. The number of likely N-dealkylation sites (N-methyl/N-ethyl adjacent to an activating group) is 1. The molecule has 2 N–H and O–H groups in total. The van der Waals surface area contributed by atoms with Crippen LogP contribution in [0.4, 0.5) is 14.5 Å². The third-order valence-electron chi connectivity index (χ3n) is 5.35. The lowest BCUT2D eigenvalue weighted by atomic mass is 10.0. The van der Waals surface area contributed by atoms with Crippen LogP contribution in [0.3, 0.4) is 0 Å². The van der Waals surface area contributed by atoms with Crippen molar-refractivity contribution in [1.29, 1.82) is 0 Å². The number of nitrogens with zero attached hydrogens (tertiary/aromatic N) is 1. The van der Waals surface area contributed by atoms with E-state index >= 15 is 0 Å². The summed E-state index contributed by atoms with van der Waals surface area (Å²) in [6.07, 6.45) is 3.15. The van der Waals surface area contributed by atoms with Gasteiger partial charge in [-0.15, -0.1) is 0 Å². The van der Waals surface area contributed by atoms with Crippen molar-refractivity contribution >= 4 is 12.5 Å². The highest BCUT2D eigenvalue weighted by atomic mass is 19.3. The van der Waals surface area contributed by atoms with Crippen LogP contribution in [0.2, 0.25) is 0 Å². The second-order valence-corrected chi connectivity index (χ2v) is 8.06. The third kappa shape index (κ3) is 11.0. The molecule has 0 atom stereocenters. The van der Waals surface area contributed by atoms with E-state index in [1.165, 1.54) is 11.6 Å². The van der Waals surface area contributed by atoms with Crippen molar-refractivity contribution in [3.8, 4) is 0 Å². The molecule has 0 amide bonds. The molecule has 0 heterocycles. The van der Waals surface area contributed by atoms with Gasteiger partial charge >= 0.3 is 0 Å². The van der Waals surface area contributed by atoms with Crippen LogP contribution in [-0.2, 0) is 17.9 Å². The Morgan fingerprint density at radius 1 is 1.06 bits per heavy atom. The Balaban J connectivity index is 0.00000291. The van der Waals surface area contributed by atoms with Crippen LogP contribution in [0.15, 0.2) is 84.2 Å². The van der Waals surface area contributed by atoms with Gasteiger partial charge in [-0.1, -0.05) is 56.8 Å². The van der Waals surface area contributed by atoms with Crippen molar-refractivity contribution in [1.82, 2.24) is 10.2 Å². The van der Waals surface area contributed by atoms with Crippen LogP contribution in [0.1, 0.15) is 51.3 Å². The van der Waals surface area contributed by atoms with Gasteiger partial charge in [0.2, 0.25) is 0 Å². The molecule has 0 bridgehead atoms. The molecule has 2 aromatic rings. The number of nitrogens with one attached hydrogen (secondary N) is 2. The molecule has 0 saturated heterocycles. The first-order valence-corrected chi connectivity index (χ1v) is 12.2. The molecular weight excluding hydrogens is 456 g/mol. The normalized spacial score (nSPS) is 11.5. The lowest BCUT2D eigenvalue weighted by molar-refractivity contribution is -0.0980. The number of rotatable bonds is 11. The SMILES string of the molecule is C=C(/C(=C\C=C(/C)Nc1ccc(CNC)cc1)C(C)(F)F)N(CC)Cc1ccccc1C.C=O.CC. The van der Waals surface area contributed by atoms with Gasteiger partial charge in [-0.2, -0.15) is 0 Å². The van der Waals surface area contributed by atoms with Gasteiger partial charge in [-0.3, -0.25) is 0 Å². The first-order chi connectivity index (χ1) is 17.2. The molecule has 0 aliphatic heterocycles. The van der Waals surface area contributed by atoms with Crippen molar-refractivity contribution in [2.24, 2.45) is 0 Å². The van der Waals surface area contributed by atoms with Gasteiger partial charge in [0.15, 0.2) is 0 Å². The van der Waals surface area contributed by atoms with Crippen LogP contribution in [0.5, 0.6) is 0 Å². The van der Waals surface area contributed by atoms with Crippen LogP contribution in [-0.4, -0.2) is 31.2 Å². The molecule has 2 aromatic carbocycles. The molecule has 0 unspecified atom stereocenters. The summed E-state index contributed by atoms with van der Waals surface area (Å²) in [5.41, 5.74) is 5.34. The Hall–Kier alpha value is -3.25. The Labute approximate surface area is 216 Å². The second-order valence-electron chi connectivity index (χ2n) is 8.06. The minimum atomic E-state index is -3.01. The van der Waals surface area contributed by atoms with E-state index in [4.69, 9.17) is 4.79 Å². The lowest BCUT2D eigenvalue weighted by Crippen LogP contribution is -2.28. The summed E-state index contributed by atoms with van der Waals surface area (Å²) in [6.45, 7) is 18.7. The summed E-state index contributed by atoms with van der Waals surface area (Å²) in [4.78, 5) is 9.89. The van der Waals surface area contributed by atoms with Gasteiger partial charge in [0.25, 0.3) is 5.92 Å². The van der Waals surface area contributed by atoms with Crippen LogP contribution in [0.25, 0.3) is 0 Å². The Morgan fingerprint density at radius 2 is 1.64 bits per heavy atom. The van der Waals surface area contributed by atoms with Gasteiger partial charge in [0.05, 0.1) is 0 Å². The molecule has 2 rings (SSSR count). The van der Waals surface area contributed by atoms with E-state index in [-0.39, 0.29) is 5.57 Å². The summed E-state index contributed by atoms with van der Waals surface area (Å²) in [5.74, 6) is -3.01. The number of halogens is 2. The second kappa shape index (κ2) is 17.2. The summed E-state index contributed by atoms with van der Waals surface area (Å²) < 4.78 is 29.1. The van der Waals surface area contributed by atoms with E-state index < -0.39 is 5.92 Å². The van der Waals surface area contributed by atoms with Crippen molar-refractivity contribution in [3.63, 3.8) is 0 Å². The standard InChI is InChI=1S/C27H35F2N3.C2H6.CH2O/c1-7-32(19-24-11-9-8-10-20(24)2)22(4)26(27(5,28)29)17-12-21(3)31-25-15-13-23(14-16-25)18-30-6;2*1-2/h8-17,30-31H,4,7,18-19H2,1-3,5-6H3;1-2H3;1H2/b21-12+,26-17+;;. The van der Waals surface area contributed by atoms with Crippen molar-refractivity contribution in [2.45, 2.75) is 60.6 Å². The predicted molar refractivity (Wildman–Crippen MR) is 150 cm³/mol. The molecule has 0 aliphatic rings. The van der Waals surface area contributed by atoms with E-state index in [0.717, 1.165) is 36.0 Å². The average molecular weight is 500 g/mol. The number of hydrogen-bond donors (Lipinski definition) is 2. The maximum atomic E-state index is 14.5. The number of allylic oxidation sites excluding steroid dienone is 4. The van der Waals surface area contributed by atoms with Gasteiger partial charge in [0, 0.05) is 49.2 Å². The minimum absolute atomic E-state index is 0.0848. The highest BCUT2D eigenvalue weighted by molar-refractivity contribution is 5.50. The minimum Gasteiger partial charge on any atom is -0.368 e. The van der Waals surface area contributed by atoms with Crippen molar-refractivity contribution in [3.05, 3.63) is 101 Å². The van der Waals surface area contributed by atoms with Gasteiger partial charge in [0.1, 0.15) is 6.79 Å². The van der Waals surface area contributed by atoms with Crippen molar-refractivity contribution < 1.29 is 13.6 Å². The Bertz CT molecular complexity index is 976. The number of carbonyl (C=O) groups is 1. The maximum Gasteiger partial charge on any atom is 0.272 e. The van der Waals surface area contributed by atoms with Gasteiger partial charge < -0.3 is 20.3 Å². The molecule has 0 aliphatic carbocycles. The quantitative estimate of drug-likeness (QED) is 0.314. The average Bonchev–Trinajstić information content (AvgIpc) is 2.86. The smallest absolute Gasteiger partial charge is 0.272 e. The van der Waals surface area contributed by atoms with E-state index in [9.17, 15) is 8.78 Å². The third-order valence-corrected chi connectivity index (χ3v) is 5.35. The van der Waals surface area contributed by atoms with E-state index in [1.54, 1.807) is 6.08 Å². The topological polar surface area (TPSA) is 44.4 Å². The molecule has 0 fully saturated rings. The summed E-state index contributed by atoms with van der Waals surface area (Å²) >= 11 is 0. The molecule has 0 spiro atoms. The number of benzene rings is 2. The summed E-state index contributed by atoms with van der Waals surface area (Å²) in [5, 5.41) is 6.37. The molecule has 198 valence electrons. The Kier molecular flexibility index (Phi) is 15.7. The first-order valence-electron chi connectivity index (χ1n) is 12.2. The van der Waals surface area contributed by atoms with Crippen LogP contribution in [0, 0.1) is 6.92 Å². The van der Waals surface area contributed by atoms with E-state index in [0.29, 0.717) is 18.8 Å².